The van der Waals surface area contributed by atoms with Gasteiger partial charge in [-0.25, -0.2) is 0 Å². The summed E-state index contributed by atoms with van der Waals surface area (Å²) in [5, 5.41) is 0. The molecule has 17 heavy (non-hydrogen) atoms. The normalized spacial score (nSPS) is 15.9. The molecule has 0 aliphatic heterocycles. The van der Waals surface area contributed by atoms with Gasteiger partial charge in [-0.15, -0.1) is 0 Å². The van der Waals surface area contributed by atoms with Gasteiger partial charge in [-0.05, 0) is 29.9 Å². The fourth-order valence-electron chi connectivity index (χ4n) is 1.72. The van der Waals surface area contributed by atoms with Gasteiger partial charge >= 0.3 is 0 Å². The van der Waals surface area contributed by atoms with E-state index in [9.17, 15) is 0 Å². The van der Waals surface area contributed by atoms with Gasteiger partial charge in [0, 0.05) is 11.1 Å². The Morgan fingerprint density at radius 1 is 1.18 bits per heavy atom. The van der Waals surface area contributed by atoms with Crippen molar-refractivity contribution >= 4 is 0 Å². The molecule has 0 spiro atoms. The summed E-state index contributed by atoms with van der Waals surface area (Å²) in [6.45, 7) is 11.0. The second-order valence-corrected chi connectivity index (χ2v) is 5.66. The largest absolute Gasteiger partial charge is 0.0785 e. The van der Waals surface area contributed by atoms with Crippen molar-refractivity contribution in [3.8, 4) is 0 Å². The first-order chi connectivity index (χ1) is 7.96. The Bertz CT molecular complexity index is 423. The van der Waals surface area contributed by atoms with Crippen LogP contribution in [0.3, 0.4) is 0 Å². The molecule has 1 rings (SSSR count). The Labute approximate surface area is 106 Å². The Morgan fingerprint density at radius 2 is 1.88 bits per heavy atom. The molecular formula is C17H24. The van der Waals surface area contributed by atoms with E-state index in [0.717, 1.165) is 19.3 Å². The quantitative estimate of drug-likeness (QED) is 0.569. The zero-order valence-corrected chi connectivity index (χ0v) is 11.9. The number of hydrogen-bond acceptors (Lipinski definition) is 0. The van der Waals surface area contributed by atoms with Crippen LogP contribution in [0.1, 0.15) is 53.9 Å². The molecule has 0 aromatic rings. The first-order valence-electron chi connectivity index (χ1n) is 6.61. The fourth-order valence-corrected chi connectivity index (χ4v) is 1.72. The summed E-state index contributed by atoms with van der Waals surface area (Å²) in [6, 6.07) is 0. The minimum atomic E-state index is 0.232. The molecule has 0 nitrogen and oxygen atoms in total. The van der Waals surface area contributed by atoms with Gasteiger partial charge in [-0.2, -0.15) is 0 Å². The zero-order valence-electron chi connectivity index (χ0n) is 11.9. The summed E-state index contributed by atoms with van der Waals surface area (Å²) in [5.74, 6) is 0. The summed E-state index contributed by atoms with van der Waals surface area (Å²) in [6.07, 6.45) is 10.1. The van der Waals surface area contributed by atoms with Gasteiger partial charge in [-0.3, -0.25) is 0 Å². The van der Waals surface area contributed by atoms with Crippen LogP contribution >= 0.6 is 0 Å². The third kappa shape index (κ3) is 4.65. The van der Waals surface area contributed by atoms with Crippen molar-refractivity contribution in [1.82, 2.24) is 0 Å². The second kappa shape index (κ2) is 5.92. The molecule has 0 unspecified atom stereocenters. The molecule has 0 aromatic heterocycles. The third-order valence-electron chi connectivity index (χ3n) is 2.69. The van der Waals surface area contributed by atoms with Crippen LogP contribution in [-0.4, -0.2) is 0 Å². The monoisotopic (exact) mass is 228 g/mol. The lowest BCUT2D eigenvalue weighted by Gasteiger charge is -2.13. The molecule has 0 N–H and O–H groups in total. The van der Waals surface area contributed by atoms with Crippen LogP contribution in [-0.2, 0) is 0 Å². The Hall–Kier alpha value is -1.22. The first kappa shape index (κ1) is 13.8. The topological polar surface area (TPSA) is 0 Å². The van der Waals surface area contributed by atoms with Gasteiger partial charge < -0.3 is 0 Å². The van der Waals surface area contributed by atoms with Crippen LogP contribution in [0.15, 0.2) is 46.4 Å². The lowest BCUT2D eigenvalue weighted by atomic mass is 9.91. The summed E-state index contributed by atoms with van der Waals surface area (Å²) in [5.41, 5.74) is 10.7. The van der Waals surface area contributed by atoms with Gasteiger partial charge in [0.2, 0.25) is 0 Å². The molecule has 92 valence electrons. The van der Waals surface area contributed by atoms with Gasteiger partial charge in [0.05, 0.1) is 0 Å². The molecule has 0 saturated carbocycles. The summed E-state index contributed by atoms with van der Waals surface area (Å²) >= 11 is 0. The fraction of sp³-hybridized carbons (Fsp3) is 0.529. The van der Waals surface area contributed by atoms with Crippen molar-refractivity contribution in [2.24, 2.45) is 5.41 Å². The molecule has 0 heterocycles. The maximum absolute atomic E-state index is 3.30. The average molecular weight is 228 g/mol. The van der Waals surface area contributed by atoms with E-state index in [2.05, 4.69) is 64.3 Å². The van der Waals surface area contributed by atoms with Crippen molar-refractivity contribution < 1.29 is 0 Å². The molecule has 0 heteroatoms. The molecule has 0 fully saturated rings. The first-order valence-corrected chi connectivity index (χ1v) is 6.61. The van der Waals surface area contributed by atoms with E-state index in [4.69, 9.17) is 0 Å². The summed E-state index contributed by atoms with van der Waals surface area (Å²) in [7, 11) is 0. The minimum absolute atomic E-state index is 0.232. The van der Waals surface area contributed by atoms with Crippen molar-refractivity contribution in [3.63, 3.8) is 0 Å². The minimum Gasteiger partial charge on any atom is -0.0785 e. The Morgan fingerprint density at radius 3 is 2.41 bits per heavy atom. The van der Waals surface area contributed by atoms with E-state index < -0.39 is 0 Å². The SMILES string of the molecule is CCCC1=C=C=C(CC)C(/C=C/C(C)(C)C)=C1. The maximum atomic E-state index is 3.30. The molecule has 1 aliphatic rings. The van der Waals surface area contributed by atoms with Gasteiger partial charge in [-0.1, -0.05) is 64.7 Å². The third-order valence-corrected chi connectivity index (χ3v) is 2.69. The van der Waals surface area contributed by atoms with Gasteiger partial charge in [0.1, 0.15) is 0 Å². The van der Waals surface area contributed by atoms with Crippen LogP contribution in [0.5, 0.6) is 0 Å². The molecule has 0 aromatic carbocycles. The van der Waals surface area contributed by atoms with E-state index >= 15 is 0 Å². The molecule has 0 atom stereocenters. The van der Waals surface area contributed by atoms with Crippen molar-refractivity contribution in [3.05, 3.63) is 46.4 Å². The van der Waals surface area contributed by atoms with Crippen LogP contribution in [0.2, 0.25) is 0 Å². The predicted octanol–water partition coefficient (Wildman–Crippen LogP) is 5.35. The number of allylic oxidation sites excluding steroid dienone is 6. The van der Waals surface area contributed by atoms with Gasteiger partial charge in [0.25, 0.3) is 0 Å². The lowest BCUT2D eigenvalue weighted by Crippen LogP contribution is -1.99. The standard InChI is InChI=1S/C17H24/c1-6-8-14-9-10-15(7-2)16(13-14)11-12-17(3,4)5/h11-13H,6-8H2,1-5H3/b12-11+. The Kier molecular flexibility index (Phi) is 4.82. The van der Waals surface area contributed by atoms with Crippen LogP contribution in [0.4, 0.5) is 0 Å². The number of rotatable bonds is 4. The smallest absolute Gasteiger partial charge is 0.00937 e. The molecule has 0 bridgehead atoms. The van der Waals surface area contributed by atoms with E-state index in [-0.39, 0.29) is 5.41 Å². The summed E-state index contributed by atoms with van der Waals surface area (Å²) in [4.78, 5) is 0. The predicted molar refractivity (Wildman–Crippen MR) is 75.9 cm³/mol. The highest BCUT2D eigenvalue weighted by molar-refractivity contribution is 5.46. The van der Waals surface area contributed by atoms with Crippen LogP contribution in [0, 0.1) is 5.41 Å². The summed E-state index contributed by atoms with van der Waals surface area (Å²) < 4.78 is 0. The second-order valence-electron chi connectivity index (χ2n) is 5.66. The van der Waals surface area contributed by atoms with E-state index in [1.807, 2.05) is 0 Å². The van der Waals surface area contributed by atoms with E-state index in [1.54, 1.807) is 0 Å². The van der Waals surface area contributed by atoms with Crippen LogP contribution < -0.4 is 0 Å². The lowest BCUT2D eigenvalue weighted by molar-refractivity contribution is 0.544. The molecule has 1 aliphatic carbocycles. The maximum Gasteiger partial charge on any atom is 0.00937 e. The average Bonchev–Trinajstić information content (AvgIpc) is 2.26. The van der Waals surface area contributed by atoms with Crippen molar-refractivity contribution in [2.45, 2.75) is 53.9 Å². The molecular weight excluding hydrogens is 204 g/mol. The van der Waals surface area contributed by atoms with E-state index in [1.165, 1.54) is 16.7 Å². The number of hydrogen-bond donors (Lipinski definition) is 0. The van der Waals surface area contributed by atoms with Crippen molar-refractivity contribution in [2.75, 3.05) is 0 Å². The highest BCUT2D eigenvalue weighted by Crippen LogP contribution is 2.24. The van der Waals surface area contributed by atoms with Gasteiger partial charge in [0.15, 0.2) is 0 Å². The van der Waals surface area contributed by atoms with E-state index in [0.29, 0.717) is 0 Å². The van der Waals surface area contributed by atoms with Crippen molar-refractivity contribution in [1.29, 1.82) is 0 Å². The molecule has 0 amide bonds. The van der Waals surface area contributed by atoms with Crippen LogP contribution in [0.25, 0.3) is 0 Å². The zero-order chi connectivity index (χ0) is 12.9. The Balaban J connectivity index is 2.98. The molecule has 0 radical (unpaired) electrons. The highest BCUT2D eigenvalue weighted by atomic mass is 14.1. The molecule has 0 saturated heterocycles. The highest BCUT2D eigenvalue weighted by Gasteiger charge is 2.08.